The van der Waals surface area contributed by atoms with E-state index in [9.17, 15) is 0 Å². The summed E-state index contributed by atoms with van der Waals surface area (Å²) < 4.78 is 2.16. The Kier molecular flexibility index (Phi) is 6.04. The van der Waals surface area contributed by atoms with E-state index >= 15 is 0 Å². The molecule has 0 spiro atoms. The molecule has 0 fully saturated rings. The molecule has 0 radical (unpaired) electrons. The molecule has 0 atom stereocenters. The summed E-state index contributed by atoms with van der Waals surface area (Å²) in [4.78, 5) is 0. The van der Waals surface area contributed by atoms with E-state index in [2.05, 4.69) is 82.9 Å². The minimum atomic E-state index is 0.469. The second kappa shape index (κ2) is 8.64. The van der Waals surface area contributed by atoms with Gasteiger partial charge in [-0.3, -0.25) is 5.43 Å². The van der Waals surface area contributed by atoms with Crippen LogP contribution in [0, 0.1) is 20.8 Å². The highest BCUT2D eigenvalue weighted by atomic mass is 32.1. The quantitative estimate of drug-likeness (QED) is 0.382. The van der Waals surface area contributed by atoms with Crippen LogP contribution in [0.4, 0.5) is 5.69 Å². The Morgan fingerprint density at radius 2 is 1.85 bits per heavy atom. The van der Waals surface area contributed by atoms with Crippen molar-refractivity contribution >= 4 is 29.2 Å². The lowest BCUT2D eigenvalue weighted by atomic mass is 10.1. The smallest absolute Gasteiger partial charge is 0.191 e. The number of hydrogen-bond acceptors (Lipinski definition) is 2. The molecular formula is C22H24N4S. The van der Waals surface area contributed by atoms with Crippen LogP contribution in [0.3, 0.4) is 0 Å². The number of nitrogens with one attached hydrogen (secondary N) is 2. The van der Waals surface area contributed by atoms with Crippen LogP contribution in [0.1, 0.15) is 27.9 Å². The first-order chi connectivity index (χ1) is 13.0. The Balaban J connectivity index is 1.62. The summed E-state index contributed by atoms with van der Waals surface area (Å²) in [6.07, 6.45) is 3.84. The number of nitrogens with zero attached hydrogens (tertiary/aromatic N) is 2. The maximum absolute atomic E-state index is 5.35. The molecule has 0 saturated heterocycles. The van der Waals surface area contributed by atoms with Crippen molar-refractivity contribution in [2.75, 3.05) is 5.32 Å². The predicted molar refractivity (Wildman–Crippen MR) is 118 cm³/mol. The molecular weight excluding hydrogens is 352 g/mol. The molecule has 4 nitrogen and oxygen atoms in total. The van der Waals surface area contributed by atoms with Crippen LogP contribution in [0.2, 0.25) is 0 Å². The molecule has 0 aliphatic heterocycles. The number of thiocarbonyl (C=S) groups is 1. The van der Waals surface area contributed by atoms with Crippen LogP contribution in [0.25, 0.3) is 0 Å². The van der Waals surface area contributed by atoms with E-state index in [4.69, 9.17) is 12.2 Å². The zero-order valence-electron chi connectivity index (χ0n) is 15.9. The first kappa shape index (κ1) is 18.9. The first-order valence-electron chi connectivity index (χ1n) is 8.90. The van der Waals surface area contributed by atoms with Gasteiger partial charge in [-0.15, -0.1) is 0 Å². The molecule has 2 aromatic carbocycles. The summed E-state index contributed by atoms with van der Waals surface area (Å²) in [5.74, 6) is 0. The third-order valence-electron chi connectivity index (χ3n) is 4.47. The van der Waals surface area contributed by atoms with Gasteiger partial charge < -0.3 is 9.88 Å². The number of anilines is 1. The van der Waals surface area contributed by atoms with Crippen LogP contribution in [0.15, 0.2) is 65.9 Å². The fraction of sp³-hybridized carbons (Fsp3) is 0.182. The minimum Gasteiger partial charge on any atom is -0.342 e. The highest BCUT2D eigenvalue weighted by molar-refractivity contribution is 7.80. The molecule has 138 valence electrons. The highest BCUT2D eigenvalue weighted by Gasteiger charge is 2.03. The number of aromatic nitrogens is 1. The second-order valence-corrected chi connectivity index (χ2v) is 7.04. The summed E-state index contributed by atoms with van der Waals surface area (Å²) in [7, 11) is 0. The van der Waals surface area contributed by atoms with Gasteiger partial charge in [0, 0.05) is 18.4 Å². The van der Waals surface area contributed by atoms with Crippen molar-refractivity contribution < 1.29 is 0 Å². The molecule has 0 saturated carbocycles. The normalized spacial score (nSPS) is 10.9. The van der Waals surface area contributed by atoms with Gasteiger partial charge in [0.05, 0.1) is 11.9 Å². The van der Waals surface area contributed by atoms with E-state index in [1.165, 1.54) is 16.7 Å². The lowest BCUT2D eigenvalue weighted by Crippen LogP contribution is -2.24. The van der Waals surface area contributed by atoms with Gasteiger partial charge in [-0.25, -0.2) is 0 Å². The fourth-order valence-corrected chi connectivity index (χ4v) is 3.00. The molecule has 0 unspecified atom stereocenters. The average Bonchev–Trinajstić information content (AvgIpc) is 3.07. The molecule has 1 aromatic heterocycles. The molecule has 0 amide bonds. The monoisotopic (exact) mass is 376 g/mol. The Morgan fingerprint density at radius 3 is 2.67 bits per heavy atom. The SMILES string of the molecule is Cc1ccc(C)c(NC(=S)N/N=C\c2cccn2Cc2ccccc2C)c1. The molecule has 3 rings (SSSR count). The van der Waals surface area contributed by atoms with Crippen molar-refractivity contribution in [1.29, 1.82) is 0 Å². The first-order valence-corrected chi connectivity index (χ1v) is 9.31. The van der Waals surface area contributed by atoms with E-state index in [-0.39, 0.29) is 0 Å². The molecule has 0 aliphatic carbocycles. The van der Waals surface area contributed by atoms with E-state index in [0.717, 1.165) is 23.5 Å². The topological polar surface area (TPSA) is 41.4 Å². The lowest BCUT2D eigenvalue weighted by Gasteiger charge is -2.11. The Bertz CT molecular complexity index is 972. The molecule has 27 heavy (non-hydrogen) atoms. The van der Waals surface area contributed by atoms with Gasteiger partial charge in [-0.2, -0.15) is 5.10 Å². The number of rotatable bonds is 5. The van der Waals surface area contributed by atoms with Gasteiger partial charge in [0.15, 0.2) is 5.11 Å². The summed E-state index contributed by atoms with van der Waals surface area (Å²) >= 11 is 5.35. The van der Waals surface area contributed by atoms with Gasteiger partial charge in [0.25, 0.3) is 0 Å². The Labute approximate surface area is 165 Å². The van der Waals surface area contributed by atoms with Crippen LogP contribution in [-0.2, 0) is 6.54 Å². The molecule has 5 heteroatoms. The highest BCUT2D eigenvalue weighted by Crippen LogP contribution is 2.16. The van der Waals surface area contributed by atoms with Gasteiger partial charge in [-0.05, 0) is 73.4 Å². The van der Waals surface area contributed by atoms with Crippen molar-refractivity contribution in [3.8, 4) is 0 Å². The predicted octanol–water partition coefficient (Wildman–Crippen LogP) is 4.78. The van der Waals surface area contributed by atoms with Crippen LogP contribution < -0.4 is 10.7 Å². The largest absolute Gasteiger partial charge is 0.342 e. The van der Waals surface area contributed by atoms with Crippen molar-refractivity contribution in [2.45, 2.75) is 27.3 Å². The third kappa shape index (κ3) is 5.05. The van der Waals surface area contributed by atoms with E-state index in [0.29, 0.717) is 5.11 Å². The fourth-order valence-electron chi connectivity index (χ4n) is 2.84. The number of hydrazone groups is 1. The van der Waals surface area contributed by atoms with Gasteiger partial charge in [-0.1, -0.05) is 36.4 Å². The maximum Gasteiger partial charge on any atom is 0.191 e. The van der Waals surface area contributed by atoms with Crippen LogP contribution >= 0.6 is 12.2 Å². The van der Waals surface area contributed by atoms with E-state index in [1.807, 2.05) is 19.1 Å². The van der Waals surface area contributed by atoms with Gasteiger partial charge >= 0.3 is 0 Å². The average molecular weight is 377 g/mol. The van der Waals surface area contributed by atoms with Gasteiger partial charge in [0.2, 0.25) is 0 Å². The van der Waals surface area contributed by atoms with E-state index in [1.54, 1.807) is 6.21 Å². The van der Waals surface area contributed by atoms with Crippen LogP contribution in [0.5, 0.6) is 0 Å². The Morgan fingerprint density at radius 1 is 1.04 bits per heavy atom. The number of benzene rings is 2. The van der Waals surface area contributed by atoms with Crippen molar-refractivity contribution in [3.05, 3.63) is 88.7 Å². The lowest BCUT2D eigenvalue weighted by molar-refractivity contribution is 0.793. The summed E-state index contributed by atoms with van der Waals surface area (Å²) in [6.45, 7) is 7.05. The van der Waals surface area contributed by atoms with Crippen LogP contribution in [-0.4, -0.2) is 15.9 Å². The zero-order valence-corrected chi connectivity index (χ0v) is 16.7. The second-order valence-electron chi connectivity index (χ2n) is 6.63. The summed E-state index contributed by atoms with van der Waals surface area (Å²) in [6, 6.07) is 18.7. The maximum atomic E-state index is 5.35. The molecule has 0 aliphatic rings. The summed E-state index contributed by atoms with van der Waals surface area (Å²) in [5, 5.41) is 7.95. The van der Waals surface area contributed by atoms with Crippen molar-refractivity contribution in [3.63, 3.8) is 0 Å². The van der Waals surface area contributed by atoms with E-state index < -0.39 is 0 Å². The molecule has 3 aromatic rings. The third-order valence-corrected chi connectivity index (χ3v) is 4.66. The number of hydrogen-bond donors (Lipinski definition) is 2. The Hall–Kier alpha value is -2.92. The standard InChI is InChI=1S/C22H24N4S/c1-16-10-11-18(3)21(13-16)24-22(27)25-23-14-20-9-6-12-26(20)15-19-8-5-4-7-17(19)2/h4-14H,15H2,1-3H3,(H2,24,25,27)/b23-14-. The number of aryl methyl sites for hydroxylation is 3. The molecule has 0 bridgehead atoms. The minimum absolute atomic E-state index is 0.469. The molecule has 1 heterocycles. The molecule has 2 N–H and O–H groups in total. The zero-order chi connectivity index (χ0) is 19.2. The van der Waals surface area contributed by atoms with Crippen molar-refractivity contribution in [2.24, 2.45) is 5.10 Å². The van der Waals surface area contributed by atoms with Crippen molar-refractivity contribution in [1.82, 2.24) is 9.99 Å². The summed E-state index contributed by atoms with van der Waals surface area (Å²) in [5.41, 5.74) is 9.80. The van der Waals surface area contributed by atoms with Gasteiger partial charge in [0.1, 0.15) is 0 Å².